The molecular formula is C14H17N5O2. The van der Waals surface area contributed by atoms with Crippen molar-refractivity contribution in [2.45, 2.75) is 13.1 Å². The minimum absolute atomic E-state index is 0.236. The highest BCUT2D eigenvalue weighted by atomic mass is 16.2. The molecule has 7 heteroatoms. The highest BCUT2D eigenvalue weighted by Gasteiger charge is 2.22. The van der Waals surface area contributed by atoms with E-state index in [1.54, 1.807) is 19.4 Å². The highest BCUT2D eigenvalue weighted by Crippen LogP contribution is 2.18. The predicted octanol–water partition coefficient (Wildman–Crippen LogP) is -0.136. The Labute approximate surface area is 121 Å². The molecule has 0 atom stereocenters. The van der Waals surface area contributed by atoms with Crippen LogP contribution in [0, 0.1) is 0 Å². The van der Waals surface area contributed by atoms with Crippen molar-refractivity contribution in [1.29, 1.82) is 0 Å². The number of nitrogens with zero attached hydrogens (tertiary/aromatic N) is 4. The van der Waals surface area contributed by atoms with E-state index in [1.807, 2.05) is 12.1 Å². The van der Waals surface area contributed by atoms with E-state index in [1.165, 1.54) is 11.6 Å². The van der Waals surface area contributed by atoms with Gasteiger partial charge in [0.15, 0.2) is 0 Å². The molecule has 1 aliphatic heterocycles. The molecule has 0 amide bonds. The number of aromatic nitrogens is 3. The lowest BCUT2D eigenvalue weighted by Gasteiger charge is -2.30. The van der Waals surface area contributed by atoms with Crippen molar-refractivity contribution < 1.29 is 0 Å². The second-order valence-electron chi connectivity index (χ2n) is 5.21. The Morgan fingerprint density at radius 3 is 2.62 bits per heavy atom. The van der Waals surface area contributed by atoms with Gasteiger partial charge >= 0.3 is 5.69 Å². The molecule has 1 aliphatic rings. The Kier molecular flexibility index (Phi) is 3.34. The molecule has 2 aromatic heterocycles. The van der Waals surface area contributed by atoms with Gasteiger partial charge in [-0.2, -0.15) is 0 Å². The summed E-state index contributed by atoms with van der Waals surface area (Å²) < 4.78 is 2.64. The Balaban J connectivity index is 1.93. The quantitative estimate of drug-likeness (QED) is 0.832. The fraction of sp³-hybridized carbons (Fsp3) is 0.357. The zero-order chi connectivity index (χ0) is 15.0. The maximum Gasteiger partial charge on any atom is 0.332 e. The van der Waals surface area contributed by atoms with Crippen LogP contribution in [0.2, 0.25) is 0 Å². The smallest absolute Gasteiger partial charge is 0.332 e. The summed E-state index contributed by atoms with van der Waals surface area (Å²) in [6.07, 6.45) is 3.51. The average Bonchev–Trinajstić information content (AvgIpc) is 2.52. The van der Waals surface area contributed by atoms with Crippen molar-refractivity contribution in [3.63, 3.8) is 0 Å². The number of nitrogens with one attached hydrogen (secondary N) is 1. The van der Waals surface area contributed by atoms with E-state index < -0.39 is 0 Å². The van der Waals surface area contributed by atoms with Crippen LogP contribution in [0.25, 0.3) is 0 Å². The molecule has 0 aliphatic carbocycles. The second-order valence-corrected chi connectivity index (χ2v) is 5.21. The topological polar surface area (TPSA) is 72.2 Å². The number of fused-ring (bicyclic) bond motifs is 1. The summed E-state index contributed by atoms with van der Waals surface area (Å²) in [4.78, 5) is 30.3. The minimum atomic E-state index is -0.311. The van der Waals surface area contributed by atoms with Crippen LogP contribution in [-0.2, 0) is 27.2 Å². The molecule has 0 saturated carbocycles. The van der Waals surface area contributed by atoms with E-state index in [-0.39, 0.29) is 11.2 Å². The molecule has 7 nitrogen and oxygen atoms in total. The first kappa shape index (κ1) is 13.6. The van der Waals surface area contributed by atoms with Gasteiger partial charge in [0.05, 0.1) is 12.2 Å². The standard InChI is InChI=1S/C14H17N5O2/c1-17-12-11(13(20)18(2)14(17)21)8-19(9-16-12)7-10-3-5-15-6-4-10/h3-6,16H,7-9H2,1-2H3. The molecule has 0 saturated heterocycles. The third-order valence-corrected chi connectivity index (χ3v) is 3.77. The molecule has 0 fully saturated rings. The van der Waals surface area contributed by atoms with E-state index in [4.69, 9.17) is 0 Å². The number of hydrogen-bond donors (Lipinski definition) is 1. The number of rotatable bonds is 2. The summed E-state index contributed by atoms with van der Waals surface area (Å²) in [7, 11) is 3.18. The van der Waals surface area contributed by atoms with E-state index in [0.29, 0.717) is 24.6 Å². The van der Waals surface area contributed by atoms with Gasteiger partial charge in [-0.15, -0.1) is 0 Å². The van der Waals surface area contributed by atoms with Crippen molar-refractivity contribution in [3.8, 4) is 0 Å². The van der Waals surface area contributed by atoms with Gasteiger partial charge in [-0.3, -0.25) is 23.8 Å². The van der Waals surface area contributed by atoms with Crippen molar-refractivity contribution in [2.24, 2.45) is 14.1 Å². The molecular weight excluding hydrogens is 270 g/mol. The van der Waals surface area contributed by atoms with Crippen LogP contribution >= 0.6 is 0 Å². The first-order valence-corrected chi connectivity index (χ1v) is 6.72. The predicted molar refractivity (Wildman–Crippen MR) is 78.9 cm³/mol. The molecule has 0 aromatic carbocycles. The van der Waals surface area contributed by atoms with Crippen molar-refractivity contribution in [1.82, 2.24) is 19.0 Å². The Morgan fingerprint density at radius 2 is 1.90 bits per heavy atom. The van der Waals surface area contributed by atoms with E-state index in [0.717, 1.165) is 16.7 Å². The molecule has 3 rings (SSSR count). The molecule has 0 bridgehead atoms. The van der Waals surface area contributed by atoms with E-state index in [9.17, 15) is 9.59 Å². The Bertz CT molecular complexity index is 778. The lowest BCUT2D eigenvalue weighted by Crippen LogP contribution is -2.46. The van der Waals surface area contributed by atoms with Crippen LogP contribution in [0.15, 0.2) is 34.1 Å². The maximum atomic E-state index is 12.3. The van der Waals surface area contributed by atoms with Gasteiger partial charge in [0, 0.05) is 39.6 Å². The van der Waals surface area contributed by atoms with Crippen LogP contribution in [0.1, 0.15) is 11.1 Å². The molecule has 0 unspecified atom stereocenters. The van der Waals surface area contributed by atoms with Gasteiger partial charge in [-0.25, -0.2) is 4.79 Å². The summed E-state index contributed by atoms with van der Waals surface area (Å²) in [5.74, 6) is 0.620. The molecule has 1 N–H and O–H groups in total. The highest BCUT2D eigenvalue weighted by molar-refractivity contribution is 5.45. The molecule has 21 heavy (non-hydrogen) atoms. The lowest BCUT2D eigenvalue weighted by atomic mass is 10.2. The Hall–Kier alpha value is -2.41. The number of anilines is 1. The molecule has 0 spiro atoms. The summed E-state index contributed by atoms with van der Waals surface area (Å²) in [6.45, 7) is 1.84. The van der Waals surface area contributed by atoms with E-state index in [2.05, 4.69) is 15.2 Å². The van der Waals surface area contributed by atoms with Gasteiger partial charge < -0.3 is 5.32 Å². The van der Waals surface area contributed by atoms with Crippen molar-refractivity contribution in [2.75, 3.05) is 12.0 Å². The molecule has 2 aromatic rings. The fourth-order valence-electron chi connectivity index (χ4n) is 2.61. The lowest BCUT2D eigenvalue weighted by molar-refractivity contribution is 0.262. The molecule has 110 valence electrons. The minimum Gasteiger partial charge on any atom is -0.358 e. The zero-order valence-electron chi connectivity index (χ0n) is 12.0. The van der Waals surface area contributed by atoms with E-state index >= 15 is 0 Å². The van der Waals surface area contributed by atoms with Crippen LogP contribution < -0.4 is 16.6 Å². The molecule has 0 radical (unpaired) electrons. The fourth-order valence-corrected chi connectivity index (χ4v) is 2.61. The third-order valence-electron chi connectivity index (χ3n) is 3.77. The second kappa shape index (κ2) is 5.17. The van der Waals surface area contributed by atoms with Crippen LogP contribution in [0.4, 0.5) is 5.82 Å². The first-order chi connectivity index (χ1) is 10.1. The first-order valence-electron chi connectivity index (χ1n) is 6.72. The summed E-state index contributed by atoms with van der Waals surface area (Å²) in [6, 6.07) is 3.91. The van der Waals surface area contributed by atoms with Crippen LogP contribution in [-0.4, -0.2) is 25.7 Å². The third kappa shape index (κ3) is 2.36. The largest absolute Gasteiger partial charge is 0.358 e. The number of pyridine rings is 1. The summed E-state index contributed by atoms with van der Waals surface area (Å²) in [5, 5.41) is 3.17. The maximum absolute atomic E-state index is 12.3. The van der Waals surface area contributed by atoms with Crippen molar-refractivity contribution >= 4 is 5.82 Å². The van der Waals surface area contributed by atoms with Gasteiger partial charge in [-0.05, 0) is 17.7 Å². The van der Waals surface area contributed by atoms with Crippen LogP contribution in [0.3, 0.4) is 0 Å². The SMILES string of the molecule is Cn1c2c(c(=O)n(C)c1=O)CN(Cc1ccncc1)CN2. The summed E-state index contributed by atoms with van der Waals surface area (Å²) >= 11 is 0. The monoisotopic (exact) mass is 287 g/mol. The molecule has 3 heterocycles. The normalized spacial score (nSPS) is 14.6. The van der Waals surface area contributed by atoms with Gasteiger partial charge in [0.25, 0.3) is 5.56 Å². The van der Waals surface area contributed by atoms with Gasteiger partial charge in [0.2, 0.25) is 0 Å². The zero-order valence-corrected chi connectivity index (χ0v) is 12.0. The van der Waals surface area contributed by atoms with Crippen molar-refractivity contribution in [3.05, 3.63) is 56.5 Å². The van der Waals surface area contributed by atoms with Gasteiger partial charge in [-0.1, -0.05) is 0 Å². The number of hydrogen-bond acceptors (Lipinski definition) is 5. The summed E-state index contributed by atoms with van der Waals surface area (Å²) in [5.41, 5.74) is 1.21. The average molecular weight is 287 g/mol. The van der Waals surface area contributed by atoms with Crippen LogP contribution in [0.5, 0.6) is 0 Å². The van der Waals surface area contributed by atoms with Gasteiger partial charge in [0.1, 0.15) is 5.82 Å². The Morgan fingerprint density at radius 1 is 1.19 bits per heavy atom.